The summed E-state index contributed by atoms with van der Waals surface area (Å²) >= 11 is 0. The molecule has 0 bridgehead atoms. The molecule has 0 aromatic rings. The number of carboxylic acid groups (broad SMARTS) is 1. The van der Waals surface area contributed by atoms with Crippen LogP contribution in [0.1, 0.15) is 13.8 Å². The first-order valence-electron chi connectivity index (χ1n) is 3.48. The summed E-state index contributed by atoms with van der Waals surface area (Å²) in [6.45, 7) is 2.67. The largest absolute Gasteiger partial charge is 0.479 e. The zero-order valence-electron chi connectivity index (χ0n) is 7.40. The second-order valence-corrected chi connectivity index (χ2v) is 2.84. The zero-order chi connectivity index (χ0) is 9.78. The van der Waals surface area contributed by atoms with Crippen molar-refractivity contribution in [3.05, 3.63) is 0 Å². The summed E-state index contributed by atoms with van der Waals surface area (Å²) in [6.07, 6.45) is -1.21. The highest BCUT2D eigenvalue weighted by atomic mass is 16.6. The molecule has 1 unspecified atom stereocenters. The lowest BCUT2D eigenvalue weighted by Gasteiger charge is -2.23. The number of ether oxygens (including phenoxy) is 2. The molecule has 0 radical (unpaired) electrons. The normalized spacial score (nSPS) is 14.3. The van der Waals surface area contributed by atoms with Crippen LogP contribution in [0.2, 0.25) is 0 Å². The molecule has 0 saturated carbocycles. The van der Waals surface area contributed by atoms with Crippen molar-refractivity contribution in [1.29, 1.82) is 0 Å². The predicted molar refractivity (Wildman–Crippen MR) is 40.7 cm³/mol. The molecule has 0 amide bonds. The Balaban J connectivity index is 3.96. The summed E-state index contributed by atoms with van der Waals surface area (Å²) in [6, 6.07) is 0. The highest BCUT2D eigenvalue weighted by molar-refractivity contribution is 5.76. The number of carboxylic acids is 1. The van der Waals surface area contributed by atoms with Gasteiger partial charge in [0, 0.05) is 7.11 Å². The standard InChI is InChI=1S/C7H14O5/c1-7(2,6(9)10)12-5(8)4-11-3/h5,8H,4H2,1-3H3,(H,9,10). The van der Waals surface area contributed by atoms with Crippen molar-refractivity contribution < 1.29 is 24.5 Å². The van der Waals surface area contributed by atoms with Crippen LogP contribution in [0.25, 0.3) is 0 Å². The number of aliphatic hydroxyl groups excluding tert-OH is 1. The molecule has 12 heavy (non-hydrogen) atoms. The minimum atomic E-state index is -1.39. The first-order valence-corrected chi connectivity index (χ1v) is 3.48. The minimum Gasteiger partial charge on any atom is -0.479 e. The first-order chi connectivity index (χ1) is 5.40. The Morgan fingerprint density at radius 3 is 2.42 bits per heavy atom. The quantitative estimate of drug-likeness (QED) is 0.572. The molecule has 0 saturated heterocycles. The average molecular weight is 178 g/mol. The molecule has 0 fully saturated rings. The van der Waals surface area contributed by atoms with E-state index in [9.17, 15) is 4.79 Å². The number of hydrogen-bond donors (Lipinski definition) is 2. The summed E-state index contributed by atoms with van der Waals surface area (Å²) in [5, 5.41) is 17.6. The molecule has 72 valence electrons. The summed E-state index contributed by atoms with van der Waals surface area (Å²) in [4.78, 5) is 10.5. The number of aliphatic hydroxyl groups is 1. The lowest BCUT2D eigenvalue weighted by molar-refractivity contribution is -0.208. The van der Waals surface area contributed by atoms with E-state index in [0.29, 0.717) is 0 Å². The van der Waals surface area contributed by atoms with Gasteiger partial charge < -0.3 is 19.7 Å². The molecule has 0 heterocycles. The summed E-state index contributed by atoms with van der Waals surface area (Å²) in [5.41, 5.74) is -1.39. The highest BCUT2D eigenvalue weighted by Gasteiger charge is 2.30. The van der Waals surface area contributed by atoms with Crippen LogP contribution in [0.4, 0.5) is 0 Å². The molecule has 5 heteroatoms. The fourth-order valence-corrected chi connectivity index (χ4v) is 0.567. The molecular formula is C7H14O5. The predicted octanol–water partition coefficient (Wildman–Crippen LogP) is -0.169. The van der Waals surface area contributed by atoms with Gasteiger partial charge in [-0.2, -0.15) is 0 Å². The Kier molecular flexibility index (Phi) is 4.16. The maximum absolute atomic E-state index is 10.5. The Morgan fingerprint density at radius 2 is 2.08 bits per heavy atom. The van der Waals surface area contributed by atoms with E-state index in [2.05, 4.69) is 4.74 Å². The molecule has 0 aromatic heterocycles. The van der Waals surface area contributed by atoms with Gasteiger partial charge in [0.25, 0.3) is 0 Å². The van der Waals surface area contributed by atoms with Crippen molar-refractivity contribution in [2.75, 3.05) is 13.7 Å². The van der Waals surface area contributed by atoms with Gasteiger partial charge in [-0.25, -0.2) is 4.79 Å². The van der Waals surface area contributed by atoms with Crippen LogP contribution in [0.5, 0.6) is 0 Å². The van der Waals surface area contributed by atoms with E-state index in [1.54, 1.807) is 0 Å². The molecular weight excluding hydrogens is 164 g/mol. The number of carbonyl (C=O) groups is 1. The number of rotatable bonds is 5. The van der Waals surface area contributed by atoms with Gasteiger partial charge in [-0.15, -0.1) is 0 Å². The Bertz CT molecular complexity index is 154. The van der Waals surface area contributed by atoms with Crippen LogP contribution in [0.3, 0.4) is 0 Å². The topological polar surface area (TPSA) is 76.0 Å². The van der Waals surface area contributed by atoms with Gasteiger partial charge in [-0.1, -0.05) is 0 Å². The molecule has 5 nitrogen and oxygen atoms in total. The Hall–Kier alpha value is -0.650. The third-order valence-corrected chi connectivity index (χ3v) is 1.25. The minimum absolute atomic E-state index is 0.0449. The molecule has 0 rings (SSSR count). The van der Waals surface area contributed by atoms with E-state index in [1.165, 1.54) is 21.0 Å². The van der Waals surface area contributed by atoms with Crippen LogP contribution < -0.4 is 0 Å². The Morgan fingerprint density at radius 1 is 1.58 bits per heavy atom. The number of methoxy groups -OCH3 is 1. The van der Waals surface area contributed by atoms with Gasteiger partial charge in [-0.3, -0.25) is 0 Å². The van der Waals surface area contributed by atoms with Gasteiger partial charge in [0.2, 0.25) is 0 Å². The monoisotopic (exact) mass is 178 g/mol. The van der Waals surface area contributed by atoms with Gasteiger partial charge in [-0.05, 0) is 13.8 Å². The van der Waals surface area contributed by atoms with Gasteiger partial charge in [0.15, 0.2) is 11.9 Å². The van der Waals surface area contributed by atoms with Crippen LogP contribution in [-0.2, 0) is 14.3 Å². The van der Waals surface area contributed by atoms with Crippen molar-refractivity contribution in [3.8, 4) is 0 Å². The third-order valence-electron chi connectivity index (χ3n) is 1.25. The van der Waals surface area contributed by atoms with Crippen LogP contribution in [0.15, 0.2) is 0 Å². The van der Waals surface area contributed by atoms with E-state index in [1.807, 2.05) is 0 Å². The molecule has 0 aliphatic rings. The second kappa shape index (κ2) is 4.39. The van der Waals surface area contributed by atoms with E-state index in [0.717, 1.165) is 0 Å². The molecule has 1 atom stereocenters. The summed E-state index contributed by atoms with van der Waals surface area (Å²) in [5.74, 6) is -1.13. The van der Waals surface area contributed by atoms with E-state index in [4.69, 9.17) is 14.9 Å². The lowest BCUT2D eigenvalue weighted by atomic mass is 10.1. The molecule has 0 spiro atoms. The number of hydrogen-bond acceptors (Lipinski definition) is 4. The van der Waals surface area contributed by atoms with Crippen LogP contribution in [0, 0.1) is 0 Å². The first kappa shape index (κ1) is 11.4. The highest BCUT2D eigenvalue weighted by Crippen LogP contribution is 2.11. The van der Waals surface area contributed by atoms with E-state index in [-0.39, 0.29) is 6.61 Å². The van der Waals surface area contributed by atoms with E-state index < -0.39 is 17.9 Å². The fourth-order valence-electron chi connectivity index (χ4n) is 0.567. The molecule has 0 aliphatic carbocycles. The third kappa shape index (κ3) is 3.66. The van der Waals surface area contributed by atoms with Crippen LogP contribution >= 0.6 is 0 Å². The molecule has 2 N–H and O–H groups in total. The average Bonchev–Trinajstić information content (AvgIpc) is 1.85. The maximum Gasteiger partial charge on any atom is 0.335 e. The molecule has 0 aromatic carbocycles. The fraction of sp³-hybridized carbons (Fsp3) is 0.857. The Labute approximate surface area is 70.9 Å². The molecule has 0 aliphatic heterocycles. The zero-order valence-corrected chi connectivity index (χ0v) is 7.40. The van der Waals surface area contributed by atoms with Crippen LogP contribution in [-0.4, -0.2) is 41.8 Å². The van der Waals surface area contributed by atoms with Crippen molar-refractivity contribution in [1.82, 2.24) is 0 Å². The smallest absolute Gasteiger partial charge is 0.335 e. The van der Waals surface area contributed by atoms with Crippen molar-refractivity contribution in [3.63, 3.8) is 0 Å². The van der Waals surface area contributed by atoms with Gasteiger partial charge in [0.1, 0.15) is 0 Å². The lowest BCUT2D eigenvalue weighted by Crippen LogP contribution is -2.39. The SMILES string of the molecule is COCC(O)OC(C)(C)C(=O)O. The van der Waals surface area contributed by atoms with Crippen molar-refractivity contribution in [2.45, 2.75) is 25.7 Å². The van der Waals surface area contributed by atoms with Crippen molar-refractivity contribution in [2.24, 2.45) is 0 Å². The van der Waals surface area contributed by atoms with E-state index >= 15 is 0 Å². The maximum atomic E-state index is 10.5. The second-order valence-electron chi connectivity index (χ2n) is 2.84. The summed E-state index contributed by atoms with van der Waals surface area (Å²) in [7, 11) is 1.39. The number of aliphatic carboxylic acids is 1. The van der Waals surface area contributed by atoms with Crippen molar-refractivity contribution >= 4 is 5.97 Å². The summed E-state index contributed by atoms with van der Waals surface area (Å²) < 4.78 is 9.33. The van der Waals surface area contributed by atoms with Gasteiger partial charge >= 0.3 is 5.97 Å². The van der Waals surface area contributed by atoms with Gasteiger partial charge in [0.05, 0.1) is 6.61 Å².